The van der Waals surface area contributed by atoms with Crippen LogP contribution in [0.1, 0.15) is 23.3 Å². The molecule has 3 nitrogen and oxygen atoms in total. The monoisotopic (exact) mass is 343 g/mol. The van der Waals surface area contributed by atoms with E-state index in [-0.39, 0.29) is 0 Å². The van der Waals surface area contributed by atoms with Crippen molar-refractivity contribution in [2.75, 3.05) is 18.0 Å². The van der Waals surface area contributed by atoms with Crippen molar-refractivity contribution >= 4 is 39.0 Å². The summed E-state index contributed by atoms with van der Waals surface area (Å²) in [5, 5.41) is 1.50. The van der Waals surface area contributed by atoms with E-state index in [2.05, 4.69) is 53.0 Å². The fourth-order valence-corrected chi connectivity index (χ4v) is 4.55. The van der Waals surface area contributed by atoms with E-state index < -0.39 is 0 Å². The summed E-state index contributed by atoms with van der Waals surface area (Å²) in [5.74, 6) is 0.998. The maximum Gasteiger partial charge on any atom is 0.225 e. The molecular formula is C18H18ClN3S. The quantitative estimate of drug-likeness (QED) is 0.597. The molecule has 0 aliphatic carbocycles. The van der Waals surface area contributed by atoms with Gasteiger partial charge < -0.3 is 4.90 Å². The van der Waals surface area contributed by atoms with Gasteiger partial charge in [-0.2, -0.15) is 4.98 Å². The van der Waals surface area contributed by atoms with E-state index in [9.17, 15) is 0 Å². The Labute approximate surface area is 144 Å². The lowest BCUT2D eigenvalue weighted by atomic mass is 10.0. The summed E-state index contributed by atoms with van der Waals surface area (Å²) < 4.78 is 0. The number of aryl methyl sites for hydroxylation is 2. The smallest absolute Gasteiger partial charge is 0.225 e. The van der Waals surface area contributed by atoms with Crippen molar-refractivity contribution in [3.8, 4) is 11.1 Å². The molecule has 1 aromatic carbocycles. The van der Waals surface area contributed by atoms with E-state index in [4.69, 9.17) is 11.6 Å². The lowest BCUT2D eigenvalue weighted by Gasteiger charge is -2.18. The molecule has 0 unspecified atom stereocenters. The van der Waals surface area contributed by atoms with Crippen LogP contribution in [0, 0.1) is 13.8 Å². The summed E-state index contributed by atoms with van der Waals surface area (Å²) in [6.45, 7) is 6.36. The van der Waals surface area contributed by atoms with E-state index in [1.807, 2.05) is 0 Å². The summed E-state index contributed by atoms with van der Waals surface area (Å²) in [6.07, 6.45) is 2.43. The summed E-state index contributed by atoms with van der Waals surface area (Å²) in [6, 6.07) is 8.69. The van der Waals surface area contributed by atoms with E-state index in [0.29, 0.717) is 5.28 Å². The molecule has 3 heterocycles. The Bertz CT molecular complexity index is 864. The maximum atomic E-state index is 6.19. The van der Waals surface area contributed by atoms with Crippen molar-refractivity contribution in [3.05, 3.63) is 40.0 Å². The molecule has 118 valence electrons. The molecule has 0 spiro atoms. The minimum Gasteiger partial charge on any atom is -0.356 e. The Morgan fingerprint density at radius 3 is 2.43 bits per heavy atom. The van der Waals surface area contributed by atoms with Gasteiger partial charge in [0.2, 0.25) is 5.28 Å². The number of nitrogens with zero attached hydrogens (tertiary/aromatic N) is 3. The van der Waals surface area contributed by atoms with Gasteiger partial charge in [-0.25, -0.2) is 4.98 Å². The lowest BCUT2D eigenvalue weighted by Crippen LogP contribution is -2.19. The molecule has 4 rings (SSSR count). The molecule has 0 saturated carbocycles. The predicted octanol–water partition coefficient (Wildman–Crippen LogP) is 5.23. The second-order valence-electron chi connectivity index (χ2n) is 6.09. The summed E-state index contributed by atoms with van der Waals surface area (Å²) in [5.41, 5.74) is 3.75. The van der Waals surface area contributed by atoms with Gasteiger partial charge in [0, 0.05) is 23.5 Å². The molecule has 1 aliphatic heterocycles. The Balaban J connectivity index is 2.00. The maximum absolute atomic E-state index is 6.19. The molecule has 0 atom stereocenters. The average Bonchev–Trinajstić information content (AvgIpc) is 3.14. The molecule has 5 heteroatoms. The number of benzene rings is 1. The normalized spacial score (nSPS) is 14.8. The van der Waals surface area contributed by atoms with Gasteiger partial charge in [0.25, 0.3) is 0 Å². The van der Waals surface area contributed by atoms with Crippen LogP contribution in [0.4, 0.5) is 5.82 Å². The van der Waals surface area contributed by atoms with Crippen LogP contribution in [0.2, 0.25) is 5.28 Å². The van der Waals surface area contributed by atoms with Crippen LogP contribution < -0.4 is 4.90 Å². The van der Waals surface area contributed by atoms with Gasteiger partial charge in [0.1, 0.15) is 10.6 Å². The zero-order valence-electron chi connectivity index (χ0n) is 13.3. The van der Waals surface area contributed by atoms with E-state index >= 15 is 0 Å². The molecular weight excluding hydrogens is 326 g/mol. The van der Waals surface area contributed by atoms with Gasteiger partial charge in [-0.05, 0) is 43.9 Å². The molecule has 0 amide bonds. The number of hydrogen-bond acceptors (Lipinski definition) is 4. The van der Waals surface area contributed by atoms with E-state index in [0.717, 1.165) is 29.1 Å². The van der Waals surface area contributed by atoms with Crippen molar-refractivity contribution in [1.82, 2.24) is 9.97 Å². The first-order valence-electron chi connectivity index (χ1n) is 7.92. The Hall–Kier alpha value is -1.65. The van der Waals surface area contributed by atoms with Crippen molar-refractivity contribution in [2.45, 2.75) is 26.7 Å². The van der Waals surface area contributed by atoms with Crippen LogP contribution in [0.25, 0.3) is 21.3 Å². The average molecular weight is 344 g/mol. The molecule has 3 aromatic rings. The van der Waals surface area contributed by atoms with Crippen LogP contribution in [0.3, 0.4) is 0 Å². The summed E-state index contributed by atoms with van der Waals surface area (Å²) in [4.78, 5) is 13.7. The van der Waals surface area contributed by atoms with E-state index in [1.54, 1.807) is 11.3 Å². The van der Waals surface area contributed by atoms with Gasteiger partial charge in [0.15, 0.2) is 0 Å². The van der Waals surface area contributed by atoms with Crippen LogP contribution >= 0.6 is 22.9 Å². The minimum atomic E-state index is 0.344. The van der Waals surface area contributed by atoms with E-state index in [1.165, 1.54) is 34.4 Å². The van der Waals surface area contributed by atoms with Gasteiger partial charge in [-0.3, -0.25) is 0 Å². The van der Waals surface area contributed by atoms with Crippen molar-refractivity contribution in [1.29, 1.82) is 0 Å². The van der Waals surface area contributed by atoms with Gasteiger partial charge in [0.05, 0.1) is 5.39 Å². The van der Waals surface area contributed by atoms with Gasteiger partial charge >= 0.3 is 0 Å². The third-order valence-corrected chi connectivity index (χ3v) is 5.60. The highest BCUT2D eigenvalue weighted by Crippen LogP contribution is 2.42. The largest absolute Gasteiger partial charge is 0.356 e. The third kappa shape index (κ3) is 2.60. The zero-order chi connectivity index (χ0) is 16.0. The summed E-state index contributed by atoms with van der Waals surface area (Å²) in [7, 11) is 0. The van der Waals surface area contributed by atoms with Crippen molar-refractivity contribution in [2.24, 2.45) is 0 Å². The Morgan fingerprint density at radius 2 is 1.74 bits per heavy atom. The third-order valence-electron chi connectivity index (χ3n) is 4.43. The van der Waals surface area contributed by atoms with Crippen molar-refractivity contribution in [3.63, 3.8) is 0 Å². The topological polar surface area (TPSA) is 29.0 Å². The summed E-state index contributed by atoms with van der Waals surface area (Å²) >= 11 is 7.89. The molecule has 1 saturated heterocycles. The molecule has 0 bridgehead atoms. The molecule has 1 aliphatic rings. The number of fused-ring (bicyclic) bond motifs is 1. The SMILES string of the molecule is Cc1ccc(-c2c(C)sc3nc(Cl)nc(N4CCCC4)c23)cc1. The standard InChI is InChI=1S/C18H18ClN3S/c1-11-5-7-13(8-6-11)14-12(2)23-17-15(14)16(20-18(19)21-17)22-9-3-4-10-22/h5-8H,3-4,9-10H2,1-2H3. The fraction of sp³-hybridized carbons (Fsp3) is 0.333. The first kappa shape index (κ1) is 14.9. The van der Waals surface area contributed by atoms with Gasteiger partial charge in [-0.1, -0.05) is 29.8 Å². The molecule has 1 fully saturated rings. The number of thiophene rings is 1. The highest BCUT2D eigenvalue weighted by molar-refractivity contribution is 7.19. The second kappa shape index (κ2) is 5.77. The van der Waals surface area contributed by atoms with Crippen molar-refractivity contribution < 1.29 is 0 Å². The highest BCUT2D eigenvalue weighted by atomic mass is 35.5. The first-order valence-corrected chi connectivity index (χ1v) is 9.11. The Kier molecular flexibility index (Phi) is 3.74. The lowest BCUT2D eigenvalue weighted by molar-refractivity contribution is 0.940. The van der Waals surface area contributed by atoms with Crippen LogP contribution in [0.5, 0.6) is 0 Å². The van der Waals surface area contributed by atoms with Crippen LogP contribution in [0.15, 0.2) is 24.3 Å². The number of halogens is 1. The van der Waals surface area contributed by atoms with Gasteiger partial charge in [-0.15, -0.1) is 11.3 Å². The number of rotatable bonds is 2. The molecule has 0 N–H and O–H groups in total. The minimum absolute atomic E-state index is 0.344. The Morgan fingerprint density at radius 1 is 1.04 bits per heavy atom. The van der Waals surface area contributed by atoms with Crippen LogP contribution in [-0.2, 0) is 0 Å². The molecule has 23 heavy (non-hydrogen) atoms. The first-order chi connectivity index (χ1) is 11.1. The number of anilines is 1. The number of aromatic nitrogens is 2. The molecule has 0 radical (unpaired) electrons. The highest BCUT2D eigenvalue weighted by Gasteiger charge is 2.23. The second-order valence-corrected chi connectivity index (χ2v) is 7.63. The predicted molar refractivity (Wildman–Crippen MR) is 98.8 cm³/mol. The number of hydrogen-bond donors (Lipinski definition) is 0. The van der Waals surface area contributed by atoms with Crippen LogP contribution in [-0.4, -0.2) is 23.1 Å². The zero-order valence-corrected chi connectivity index (χ0v) is 14.8. The fourth-order valence-electron chi connectivity index (χ4n) is 3.29. The molecule has 2 aromatic heterocycles.